The van der Waals surface area contributed by atoms with E-state index in [2.05, 4.69) is 35.1 Å². The summed E-state index contributed by atoms with van der Waals surface area (Å²) in [6.45, 7) is 5.10. The van der Waals surface area contributed by atoms with Crippen LogP contribution in [0, 0.1) is 0 Å². The lowest BCUT2D eigenvalue weighted by Crippen LogP contribution is -2.24. The molecule has 0 spiro atoms. The Morgan fingerprint density at radius 3 is 2.79 bits per heavy atom. The van der Waals surface area contributed by atoms with Crippen molar-refractivity contribution in [2.24, 2.45) is 0 Å². The van der Waals surface area contributed by atoms with Gasteiger partial charge in [0.1, 0.15) is 11.5 Å². The summed E-state index contributed by atoms with van der Waals surface area (Å²) in [6.07, 6.45) is 1.92. The lowest BCUT2D eigenvalue weighted by Gasteiger charge is -2.09. The van der Waals surface area contributed by atoms with E-state index in [1.54, 1.807) is 7.11 Å². The Bertz CT molecular complexity index is 419. The van der Waals surface area contributed by atoms with E-state index in [9.17, 15) is 4.79 Å². The predicted molar refractivity (Wildman–Crippen MR) is 81.8 cm³/mol. The second kappa shape index (κ2) is 8.33. The van der Waals surface area contributed by atoms with Gasteiger partial charge in [0.25, 0.3) is 0 Å². The molecule has 0 fully saturated rings. The molecule has 0 aliphatic heterocycles. The highest BCUT2D eigenvalue weighted by Crippen LogP contribution is 2.23. The Morgan fingerprint density at radius 1 is 1.42 bits per heavy atom. The van der Waals surface area contributed by atoms with Crippen molar-refractivity contribution in [3.05, 3.63) is 28.2 Å². The first-order valence-corrected chi connectivity index (χ1v) is 7.39. The fourth-order valence-electron chi connectivity index (χ4n) is 1.86. The van der Waals surface area contributed by atoms with Crippen molar-refractivity contribution < 1.29 is 9.53 Å². The first-order valence-electron chi connectivity index (χ1n) is 6.60. The van der Waals surface area contributed by atoms with Crippen LogP contribution in [0.3, 0.4) is 0 Å². The molecule has 0 atom stereocenters. The summed E-state index contributed by atoms with van der Waals surface area (Å²) in [5.41, 5.74) is 0.943. The van der Waals surface area contributed by atoms with Crippen molar-refractivity contribution in [2.45, 2.75) is 39.2 Å². The van der Waals surface area contributed by atoms with E-state index in [1.807, 2.05) is 18.2 Å². The highest BCUT2D eigenvalue weighted by atomic mass is 79.9. The van der Waals surface area contributed by atoms with Gasteiger partial charge in [0.15, 0.2) is 0 Å². The maximum Gasteiger partial charge on any atom is 0.137 e. The maximum atomic E-state index is 11.9. The number of hydrogen-bond donors (Lipinski definition) is 1. The number of carbonyl (C=O) groups is 1. The molecule has 0 bridgehead atoms. The molecule has 4 heteroatoms. The van der Waals surface area contributed by atoms with Crippen LogP contribution in [-0.2, 0) is 11.2 Å². The minimum Gasteiger partial charge on any atom is -0.496 e. The number of nitrogens with one attached hydrogen (secondary N) is 1. The summed E-state index contributed by atoms with van der Waals surface area (Å²) in [4.78, 5) is 11.9. The molecule has 106 valence electrons. The van der Waals surface area contributed by atoms with Crippen LogP contribution in [-0.4, -0.2) is 25.5 Å². The molecule has 1 aromatic rings. The summed E-state index contributed by atoms with van der Waals surface area (Å²) in [6, 6.07) is 6.22. The second-order valence-corrected chi connectivity index (χ2v) is 5.80. The van der Waals surface area contributed by atoms with Crippen LogP contribution in [0.25, 0.3) is 0 Å². The van der Waals surface area contributed by atoms with Gasteiger partial charge in [-0.15, -0.1) is 0 Å². The smallest absolute Gasteiger partial charge is 0.137 e. The lowest BCUT2D eigenvalue weighted by atomic mass is 10.0. The molecule has 0 heterocycles. The third-order valence-corrected chi connectivity index (χ3v) is 3.31. The number of rotatable bonds is 8. The Kier molecular flexibility index (Phi) is 7.10. The normalized spacial score (nSPS) is 10.8. The van der Waals surface area contributed by atoms with Gasteiger partial charge >= 0.3 is 0 Å². The van der Waals surface area contributed by atoms with E-state index < -0.39 is 0 Å². The summed E-state index contributed by atoms with van der Waals surface area (Å²) in [5.74, 6) is 1.03. The van der Waals surface area contributed by atoms with E-state index in [0.717, 1.165) is 28.8 Å². The Hall–Kier alpha value is -0.870. The van der Waals surface area contributed by atoms with E-state index in [1.165, 1.54) is 0 Å². The van der Waals surface area contributed by atoms with E-state index in [0.29, 0.717) is 18.9 Å². The SMILES string of the molecule is COc1ccc(Br)cc1CC(=O)CCCNC(C)C. The number of ketones is 1. The van der Waals surface area contributed by atoms with E-state index in [4.69, 9.17) is 4.74 Å². The highest BCUT2D eigenvalue weighted by molar-refractivity contribution is 9.10. The molecule has 0 aliphatic rings. The van der Waals surface area contributed by atoms with Crippen molar-refractivity contribution in [3.8, 4) is 5.75 Å². The standard InChI is InChI=1S/C15H22BrNO2/c1-11(2)17-8-4-5-14(18)10-12-9-13(16)6-7-15(12)19-3/h6-7,9,11,17H,4-5,8,10H2,1-3H3. The molecule has 0 aromatic heterocycles. The number of ether oxygens (including phenoxy) is 1. The maximum absolute atomic E-state index is 11.9. The van der Waals surface area contributed by atoms with Crippen molar-refractivity contribution in [1.29, 1.82) is 0 Å². The van der Waals surface area contributed by atoms with Crippen molar-refractivity contribution >= 4 is 21.7 Å². The Morgan fingerprint density at radius 2 is 2.16 bits per heavy atom. The fraction of sp³-hybridized carbons (Fsp3) is 0.533. The van der Waals surface area contributed by atoms with Gasteiger partial charge < -0.3 is 10.1 Å². The van der Waals surface area contributed by atoms with Crippen LogP contribution in [0.2, 0.25) is 0 Å². The van der Waals surface area contributed by atoms with Crippen LogP contribution in [0.15, 0.2) is 22.7 Å². The molecule has 0 saturated heterocycles. The average Bonchev–Trinajstić information content (AvgIpc) is 2.35. The quantitative estimate of drug-likeness (QED) is 0.744. The molecule has 0 aliphatic carbocycles. The zero-order valence-corrected chi connectivity index (χ0v) is 13.4. The predicted octanol–water partition coefficient (Wildman–Crippen LogP) is 3.35. The first-order chi connectivity index (χ1) is 9.02. The van der Waals surface area contributed by atoms with Crippen molar-refractivity contribution in [3.63, 3.8) is 0 Å². The first kappa shape index (κ1) is 16.2. The summed E-state index contributed by atoms with van der Waals surface area (Å²) in [5, 5.41) is 3.31. The van der Waals surface area contributed by atoms with Gasteiger partial charge in [-0.25, -0.2) is 0 Å². The fourth-order valence-corrected chi connectivity index (χ4v) is 2.27. The summed E-state index contributed by atoms with van der Waals surface area (Å²) >= 11 is 3.42. The molecule has 19 heavy (non-hydrogen) atoms. The van der Waals surface area contributed by atoms with Crippen LogP contribution in [0.1, 0.15) is 32.3 Å². The highest BCUT2D eigenvalue weighted by Gasteiger charge is 2.09. The van der Waals surface area contributed by atoms with Gasteiger partial charge in [0.05, 0.1) is 7.11 Å². The van der Waals surface area contributed by atoms with Gasteiger partial charge in [-0.1, -0.05) is 29.8 Å². The number of hydrogen-bond acceptors (Lipinski definition) is 3. The Labute approximate surface area is 123 Å². The monoisotopic (exact) mass is 327 g/mol. The average molecular weight is 328 g/mol. The number of halogens is 1. The molecule has 1 N–H and O–H groups in total. The van der Waals surface area contributed by atoms with Crippen LogP contribution in [0.5, 0.6) is 5.75 Å². The molecule has 0 amide bonds. The van der Waals surface area contributed by atoms with Gasteiger partial charge in [0.2, 0.25) is 0 Å². The number of methoxy groups -OCH3 is 1. The topological polar surface area (TPSA) is 38.3 Å². The number of Topliss-reactive ketones (excluding diaryl/α,β-unsaturated/α-hetero) is 1. The van der Waals surface area contributed by atoms with Gasteiger partial charge in [-0.3, -0.25) is 4.79 Å². The molecule has 0 saturated carbocycles. The van der Waals surface area contributed by atoms with Crippen LogP contribution in [0.4, 0.5) is 0 Å². The zero-order valence-electron chi connectivity index (χ0n) is 11.8. The summed E-state index contributed by atoms with van der Waals surface area (Å²) in [7, 11) is 1.63. The minimum absolute atomic E-state index is 0.252. The van der Waals surface area contributed by atoms with Crippen molar-refractivity contribution in [2.75, 3.05) is 13.7 Å². The molecular weight excluding hydrogens is 306 g/mol. The number of benzene rings is 1. The third kappa shape index (κ3) is 6.21. The van der Waals surface area contributed by atoms with Gasteiger partial charge in [-0.05, 0) is 31.2 Å². The minimum atomic E-state index is 0.252. The van der Waals surface area contributed by atoms with E-state index in [-0.39, 0.29) is 5.78 Å². The van der Waals surface area contributed by atoms with Crippen LogP contribution < -0.4 is 10.1 Å². The van der Waals surface area contributed by atoms with Gasteiger partial charge in [0, 0.05) is 28.9 Å². The lowest BCUT2D eigenvalue weighted by molar-refractivity contribution is -0.118. The third-order valence-electron chi connectivity index (χ3n) is 2.82. The van der Waals surface area contributed by atoms with Gasteiger partial charge in [-0.2, -0.15) is 0 Å². The molecular formula is C15H22BrNO2. The molecule has 1 aromatic carbocycles. The van der Waals surface area contributed by atoms with Crippen molar-refractivity contribution in [1.82, 2.24) is 5.32 Å². The van der Waals surface area contributed by atoms with Crippen LogP contribution >= 0.6 is 15.9 Å². The summed E-state index contributed by atoms with van der Waals surface area (Å²) < 4.78 is 6.24. The molecule has 0 unspecified atom stereocenters. The largest absolute Gasteiger partial charge is 0.496 e. The second-order valence-electron chi connectivity index (χ2n) is 4.88. The van der Waals surface area contributed by atoms with E-state index >= 15 is 0 Å². The Balaban J connectivity index is 2.45. The molecule has 3 nitrogen and oxygen atoms in total. The molecule has 1 rings (SSSR count). The zero-order chi connectivity index (χ0) is 14.3. The number of carbonyl (C=O) groups excluding carboxylic acids is 1. The molecule has 0 radical (unpaired) electrons.